The minimum absolute atomic E-state index is 0.0594. The van der Waals surface area contributed by atoms with Crippen LogP contribution in [0.2, 0.25) is 0 Å². The van der Waals surface area contributed by atoms with Gasteiger partial charge in [-0.1, -0.05) is 0 Å². The zero-order valence-electron chi connectivity index (χ0n) is 10.8. The van der Waals surface area contributed by atoms with Gasteiger partial charge in [0.05, 0.1) is 24.1 Å². The van der Waals surface area contributed by atoms with Gasteiger partial charge in [0.25, 0.3) is 0 Å². The molecule has 1 N–H and O–H groups in total. The lowest BCUT2D eigenvalue weighted by Gasteiger charge is -2.31. The summed E-state index contributed by atoms with van der Waals surface area (Å²) in [5.41, 5.74) is 0.177. The highest BCUT2D eigenvalue weighted by molar-refractivity contribution is 5.71. The van der Waals surface area contributed by atoms with Crippen molar-refractivity contribution in [2.24, 2.45) is 0 Å². The number of aromatic hydroxyl groups is 1. The SMILES string of the molecule is Oc1ccc2c(c1)N(c1ccc(C(F)(F)F)nc1)CCO2. The van der Waals surface area contributed by atoms with Crippen LogP contribution in [0.3, 0.4) is 0 Å². The summed E-state index contributed by atoms with van der Waals surface area (Å²) in [6.45, 7) is 0.863. The van der Waals surface area contributed by atoms with Gasteiger partial charge in [-0.25, -0.2) is 4.98 Å². The normalized spacial score (nSPS) is 14.5. The van der Waals surface area contributed by atoms with Crippen molar-refractivity contribution in [2.75, 3.05) is 18.1 Å². The predicted molar refractivity (Wildman–Crippen MR) is 69.8 cm³/mol. The molecule has 0 saturated carbocycles. The number of halogens is 3. The van der Waals surface area contributed by atoms with Gasteiger partial charge in [0.1, 0.15) is 23.8 Å². The second kappa shape index (κ2) is 4.83. The first-order valence-corrected chi connectivity index (χ1v) is 6.22. The molecule has 3 rings (SSSR count). The first-order chi connectivity index (χ1) is 9.95. The Bertz CT molecular complexity index is 656. The van der Waals surface area contributed by atoms with Gasteiger partial charge in [-0.3, -0.25) is 0 Å². The number of ether oxygens (including phenoxy) is 1. The molecule has 1 aliphatic heterocycles. The van der Waals surface area contributed by atoms with Gasteiger partial charge in [-0.05, 0) is 24.3 Å². The third kappa shape index (κ3) is 2.58. The van der Waals surface area contributed by atoms with Gasteiger partial charge >= 0.3 is 6.18 Å². The molecule has 1 aromatic heterocycles. The van der Waals surface area contributed by atoms with Gasteiger partial charge in [0.2, 0.25) is 0 Å². The Morgan fingerprint density at radius 1 is 1.19 bits per heavy atom. The molecule has 7 heteroatoms. The zero-order valence-corrected chi connectivity index (χ0v) is 10.8. The molecule has 21 heavy (non-hydrogen) atoms. The maximum absolute atomic E-state index is 12.5. The Morgan fingerprint density at radius 3 is 2.67 bits per heavy atom. The predicted octanol–water partition coefficient (Wildman–Crippen LogP) is 3.34. The summed E-state index contributed by atoms with van der Waals surface area (Å²) < 4.78 is 43.0. The highest BCUT2D eigenvalue weighted by Gasteiger charge is 2.32. The van der Waals surface area contributed by atoms with Crippen LogP contribution in [0, 0.1) is 0 Å². The Balaban J connectivity index is 1.97. The monoisotopic (exact) mass is 296 g/mol. The molecule has 0 unspecified atom stereocenters. The van der Waals surface area contributed by atoms with Crippen molar-refractivity contribution in [3.63, 3.8) is 0 Å². The van der Waals surface area contributed by atoms with Crippen LogP contribution < -0.4 is 9.64 Å². The maximum Gasteiger partial charge on any atom is 0.433 e. The molecule has 2 aromatic rings. The number of fused-ring (bicyclic) bond motifs is 1. The van der Waals surface area contributed by atoms with Crippen LogP contribution in [0.15, 0.2) is 36.5 Å². The lowest BCUT2D eigenvalue weighted by Crippen LogP contribution is -2.28. The van der Waals surface area contributed by atoms with Crippen molar-refractivity contribution in [2.45, 2.75) is 6.18 Å². The number of rotatable bonds is 1. The van der Waals surface area contributed by atoms with Crippen molar-refractivity contribution in [3.8, 4) is 11.5 Å². The molecule has 0 bridgehead atoms. The number of hydrogen-bond acceptors (Lipinski definition) is 4. The third-order valence-corrected chi connectivity index (χ3v) is 3.16. The molecule has 0 fully saturated rings. The minimum atomic E-state index is -4.46. The molecule has 0 spiro atoms. The van der Waals surface area contributed by atoms with Crippen LogP contribution in [-0.2, 0) is 6.18 Å². The summed E-state index contributed by atoms with van der Waals surface area (Å²) in [6, 6.07) is 6.91. The Labute approximate surface area is 118 Å². The van der Waals surface area contributed by atoms with E-state index >= 15 is 0 Å². The van der Waals surface area contributed by atoms with E-state index in [1.165, 1.54) is 24.4 Å². The number of nitrogens with zero attached hydrogens (tertiary/aromatic N) is 2. The summed E-state index contributed by atoms with van der Waals surface area (Å²) in [4.78, 5) is 5.21. The van der Waals surface area contributed by atoms with E-state index in [4.69, 9.17) is 4.74 Å². The average Bonchev–Trinajstić information content (AvgIpc) is 2.46. The summed E-state index contributed by atoms with van der Waals surface area (Å²) >= 11 is 0. The highest BCUT2D eigenvalue weighted by atomic mass is 19.4. The van der Waals surface area contributed by atoms with Crippen molar-refractivity contribution in [1.29, 1.82) is 0 Å². The van der Waals surface area contributed by atoms with Crippen LogP contribution in [-0.4, -0.2) is 23.2 Å². The summed E-state index contributed by atoms with van der Waals surface area (Å²) in [5.74, 6) is 0.628. The molecule has 0 atom stereocenters. The molecule has 0 saturated heterocycles. The van der Waals surface area contributed by atoms with E-state index in [1.54, 1.807) is 11.0 Å². The average molecular weight is 296 g/mol. The molecule has 0 amide bonds. The van der Waals surface area contributed by atoms with Gasteiger partial charge in [0.15, 0.2) is 0 Å². The molecule has 1 aliphatic rings. The number of phenols is 1. The fourth-order valence-corrected chi connectivity index (χ4v) is 2.19. The molecular weight excluding hydrogens is 285 g/mol. The number of phenolic OH excluding ortho intramolecular Hbond substituents is 1. The van der Waals surface area contributed by atoms with Gasteiger partial charge < -0.3 is 14.7 Å². The fourth-order valence-electron chi connectivity index (χ4n) is 2.19. The van der Waals surface area contributed by atoms with E-state index in [1.807, 2.05) is 0 Å². The molecule has 2 heterocycles. The number of benzene rings is 1. The van der Waals surface area contributed by atoms with Gasteiger partial charge in [-0.15, -0.1) is 0 Å². The molecule has 0 radical (unpaired) electrons. The minimum Gasteiger partial charge on any atom is -0.508 e. The summed E-state index contributed by atoms with van der Waals surface area (Å²) in [6.07, 6.45) is -3.29. The van der Waals surface area contributed by atoms with Crippen molar-refractivity contribution >= 4 is 11.4 Å². The Morgan fingerprint density at radius 2 is 2.00 bits per heavy atom. The lowest BCUT2D eigenvalue weighted by molar-refractivity contribution is -0.141. The first-order valence-electron chi connectivity index (χ1n) is 6.22. The standard InChI is InChI=1S/C14H11F3N2O2/c15-14(16,17)13-4-1-9(8-18-13)19-5-6-21-12-3-2-10(20)7-11(12)19/h1-4,7-8,20H,5-6H2. The second-order valence-electron chi connectivity index (χ2n) is 4.55. The number of pyridine rings is 1. The van der Waals surface area contributed by atoms with E-state index in [9.17, 15) is 18.3 Å². The van der Waals surface area contributed by atoms with E-state index < -0.39 is 11.9 Å². The number of hydrogen-bond donors (Lipinski definition) is 1. The van der Waals surface area contributed by atoms with E-state index in [0.717, 1.165) is 6.07 Å². The smallest absolute Gasteiger partial charge is 0.433 e. The second-order valence-corrected chi connectivity index (χ2v) is 4.55. The van der Waals surface area contributed by atoms with E-state index in [2.05, 4.69) is 4.98 Å². The van der Waals surface area contributed by atoms with Crippen LogP contribution in [0.25, 0.3) is 0 Å². The van der Waals surface area contributed by atoms with Gasteiger partial charge in [-0.2, -0.15) is 13.2 Å². The van der Waals surface area contributed by atoms with Crippen LogP contribution in [0.4, 0.5) is 24.5 Å². The molecular formula is C14H11F3N2O2. The highest BCUT2D eigenvalue weighted by Crippen LogP contribution is 2.39. The molecule has 4 nitrogen and oxygen atoms in total. The van der Waals surface area contributed by atoms with Crippen LogP contribution in [0.5, 0.6) is 11.5 Å². The summed E-state index contributed by atoms with van der Waals surface area (Å²) in [5, 5.41) is 9.56. The number of anilines is 2. The van der Waals surface area contributed by atoms with Crippen molar-refractivity contribution in [3.05, 3.63) is 42.2 Å². The first kappa shape index (κ1) is 13.5. The van der Waals surface area contributed by atoms with Crippen LogP contribution in [0.1, 0.15) is 5.69 Å². The number of alkyl halides is 3. The molecule has 110 valence electrons. The van der Waals surface area contributed by atoms with Crippen molar-refractivity contribution < 1.29 is 23.0 Å². The Kier molecular flexibility index (Phi) is 3.12. The fraction of sp³-hybridized carbons (Fsp3) is 0.214. The summed E-state index contributed by atoms with van der Waals surface area (Å²) in [7, 11) is 0. The quantitative estimate of drug-likeness (QED) is 0.876. The zero-order chi connectivity index (χ0) is 15.0. The lowest BCUT2D eigenvalue weighted by atomic mass is 10.2. The Hall–Kier alpha value is -2.44. The maximum atomic E-state index is 12.5. The topological polar surface area (TPSA) is 45.6 Å². The van der Waals surface area contributed by atoms with E-state index in [-0.39, 0.29) is 5.75 Å². The van der Waals surface area contributed by atoms with Crippen molar-refractivity contribution in [1.82, 2.24) is 4.98 Å². The van der Waals surface area contributed by atoms with Gasteiger partial charge in [0, 0.05) is 6.07 Å². The van der Waals surface area contributed by atoms with Crippen LogP contribution >= 0.6 is 0 Å². The van der Waals surface area contributed by atoms with E-state index in [0.29, 0.717) is 30.3 Å². The third-order valence-electron chi connectivity index (χ3n) is 3.16. The molecule has 0 aliphatic carbocycles. The molecule has 1 aromatic carbocycles. The number of aromatic nitrogens is 1. The largest absolute Gasteiger partial charge is 0.508 e.